The predicted octanol–water partition coefficient (Wildman–Crippen LogP) is 4.52. The summed E-state index contributed by atoms with van der Waals surface area (Å²) in [6.07, 6.45) is -4.42. The predicted molar refractivity (Wildman–Crippen MR) is 71.6 cm³/mol. The van der Waals surface area contributed by atoms with E-state index in [-0.39, 0.29) is 18.0 Å². The Labute approximate surface area is 118 Å². The zero-order chi connectivity index (χ0) is 14.8. The van der Waals surface area contributed by atoms with Crippen molar-refractivity contribution in [2.75, 3.05) is 5.73 Å². The highest BCUT2D eigenvalue weighted by Gasteiger charge is 2.30. The minimum Gasteiger partial charge on any atom is -0.487 e. The first-order valence-electron chi connectivity index (χ1n) is 5.71. The second-order valence-electron chi connectivity index (χ2n) is 4.13. The van der Waals surface area contributed by atoms with Crippen LogP contribution in [0.1, 0.15) is 11.1 Å². The fourth-order valence-corrected chi connectivity index (χ4v) is 1.82. The van der Waals surface area contributed by atoms with E-state index in [2.05, 4.69) is 0 Å². The van der Waals surface area contributed by atoms with Crippen molar-refractivity contribution in [1.29, 1.82) is 0 Å². The third kappa shape index (κ3) is 3.36. The maximum Gasteiger partial charge on any atom is 0.416 e. The van der Waals surface area contributed by atoms with Gasteiger partial charge in [0.05, 0.1) is 11.3 Å². The Morgan fingerprint density at radius 1 is 1.10 bits per heavy atom. The van der Waals surface area contributed by atoms with Crippen molar-refractivity contribution in [1.82, 2.24) is 0 Å². The molecule has 2 nitrogen and oxygen atoms in total. The first-order valence-corrected chi connectivity index (χ1v) is 6.08. The summed E-state index contributed by atoms with van der Waals surface area (Å²) in [5, 5.41) is 0.526. The van der Waals surface area contributed by atoms with E-state index in [0.29, 0.717) is 5.02 Å². The average molecular weight is 302 g/mol. The Bertz CT molecular complexity index is 614. The third-order valence-corrected chi connectivity index (χ3v) is 3.05. The molecule has 0 aromatic heterocycles. The Morgan fingerprint density at radius 3 is 2.40 bits per heavy atom. The zero-order valence-electron chi connectivity index (χ0n) is 10.2. The fraction of sp³-hybridized carbons (Fsp3) is 0.143. The first-order chi connectivity index (χ1) is 9.38. The van der Waals surface area contributed by atoms with E-state index in [1.54, 1.807) is 24.3 Å². The Morgan fingerprint density at radius 2 is 1.80 bits per heavy atom. The molecule has 0 fully saturated rings. The quantitative estimate of drug-likeness (QED) is 0.846. The van der Waals surface area contributed by atoms with Crippen molar-refractivity contribution in [2.45, 2.75) is 12.8 Å². The molecule has 0 radical (unpaired) electrons. The number of ether oxygens (including phenoxy) is 1. The molecule has 0 saturated heterocycles. The van der Waals surface area contributed by atoms with Crippen LogP contribution in [0.4, 0.5) is 18.9 Å². The Hall–Kier alpha value is -1.88. The molecular formula is C14H11ClF3NO. The molecule has 0 bridgehead atoms. The lowest BCUT2D eigenvalue weighted by Gasteiger charge is -2.12. The van der Waals surface area contributed by atoms with Gasteiger partial charge in [0.2, 0.25) is 0 Å². The van der Waals surface area contributed by atoms with Gasteiger partial charge < -0.3 is 10.5 Å². The van der Waals surface area contributed by atoms with Gasteiger partial charge in [0.1, 0.15) is 12.4 Å². The van der Waals surface area contributed by atoms with Crippen LogP contribution < -0.4 is 10.5 Å². The van der Waals surface area contributed by atoms with Gasteiger partial charge in [0.15, 0.2) is 0 Å². The number of anilines is 1. The monoisotopic (exact) mass is 301 g/mol. The number of nitrogen functional groups attached to an aromatic ring is 1. The molecule has 106 valence electrons. The number of hydrogen-bond acceptors (Lipinski definition) is 2. The van der Waals surface area contributed by atoms with Gasteiger partial charge in [-0.3, -0.25) is 0 Å². The van der Waals surface area contributed by atoms with Crippen LogP contribution >= 0.6 is 11.6 Å². The van der Waals surface area contributed by atoms with Crippen LogP contribution in [0.3, 0.4) is 0 Å². The van der Waals surface area contributed by atoms with Gasteiger partial charge in [-0.05, 0) is 24.3 Å². The molecule has 0 heterocycles. The number of rotatable bonds is 3. The second-order valence-corrected chi connectivity index (χ2v) is 4.54. The summed E-state index contributed by atoms with van der Waals surface area (Å²) >= 11 is 5.96. The molecule has 0 atom stereocenters. The smallest absolute Gasteiger partial charge is 0.416 e. The topological polar surface area (TPSA) is 35.2 Å². The standard InChI is InChI=1S/C14H11ClF3NO/c15-11-4-2-1-3-9(11)8-20-13-6-5-10(7-12(13)19)14(16,17)18/h1-7H,8,19H2. The molecule has 6 heteroatoms. The van der Waals surface area contributed by atoms with Crippen LogP contribution in [-0.2, 0) is 12.8 Å². The van der Waals surface area contributed by atoms with Crippen LogP contribution in [0.25, 0.3) is 0 Å². The van der Waals surface area contributed by atoms with E-state index in [9.17, 15) is 13.2 Å². The average Bonchev–Trinajstić information content (AvgIpc) is 2.38. The molecule has 2 N–H and O–H groups in total. The SMILES string of the molecule is Nc1cc(C(F)(F)F)ccc1OCc1ccccc1Cl. The van der Waals surface area contributed by atoms with Crippen molar-refractivity contribution in [3.05, 3.63) is 58.6 Å². The molecule has 0 amide bonds. The fourth-order valence-electron chi connectivity index (χ4n) is 1.63. The van der Waals surface area contributed by atoms with E-state index >= 15 is 0 Å². The van der Waals surface area contributed by atoms with E-state index in [4.69, 9.17) is 22.1 Å². The van der Waals surface area contributed by atoms with Gasteiger partial charge in [-0.25, -0.2) is 0 Å². The van der Waals surface area contributed by atoms with Gasteiger partial charge in [0.25, 0.3) is 0 Å². The maximum atomic E-state index is 12.5. The lowest BCUT2D eigenvalue weighted by atomic mass is 10.2. The summed E-state index contributed by atoms with van der Waals surface area (Å²) in [7, 11) is 0. The van der Waals surface area contributed by atoms with Crippen LogP contribution in [0.5, 0.6) is 5.75 Å². The highest BCUT2D eigenvalue weighted by molar-refractivity contribution is 6.31. The number of alkyl halides is 3. The van der Waals surface area contributed by atoms with Crippen molar-refractivity contribution in [3.63, 3.8) is 0 Å². The summed E-state index contributed by atoms with van der Waals surface area (Å²) in [5.74, 6) is 0.193. The van der Waals surface area contributed by atoms with E-state index < -0.39 is 11.7 Å². The lowest BCUT2D eigenvalue weighted by Crippen LogP contribution is -2.06. The van der Waals surface area contributed by atoms with Crippen LogP contribution in [0, 0.1) is 0 Å². The molecule has 0 aliphatic heterocycles. The highest BCUT2D eigenvalue weighted by Crippen LogP contribution is 2.34. The van der Waals surface area contributed by atoms with Crippen molar-refractivity contribution >= 4 is 17.3 Å². The van der Waals surface area contributed by atoms with Gasteiger partial charge in [-0.15, -0.1) is 0 Å². The maximum absolute atomic E-state index is 12.5. The van der Waals surface area contributed by atoms with Crippen molar-refractivity contribution in [3.8, 4) is 5.75 Å². The summed E-state index contributed by atoms with van der Waals surface area (Å²) in [6, 6.07) is 10.0. The normalized spacial score (nSPS) is 11.4. The number of halogens is 4. The number of nitrogens with two attached hydrogens (primary N) is 1. The summed E-state index contributed by atoms with van der Waals surface area (Å²) in [4.78, 5) is 0. The van der Waals surface area contributed by atoms with E-state index in [1.807, 2.05) is 0 Å². The molecule has 0 saturated carbocycles. The van der Waals surface area contributed by atoms with Crippen LogP contribution in [0.15, 0.2) is 42.5 Å². The van der Waals surface area contributed by atoms with Crippen molar-refractivity contribution < 1.29 is 17.9 Å². The van der Waals surface area contributed by atoms with Gasteiger partial charge in [-0.1, -0.05) is 29.8 Å². The third-order valence-electron chi connectivity index (χ3n) is 2.68. The minimum absolute atomic E-state index is 0.0631. The summed E-state index contributed by atoms with van der Waals surface area (Å²) in [6.45, 7) is 0.134. The van der Waals surface area contributed by atoms with Gasteiger partial charge >= 0.3 is 6.18 Å². The summed E-state index contributed by atoms with van der Waals surface area (Å²) in [5.41, 5.74) is 5.42. The number of hydrogen-bond donors (Lipinski definition) is 1. The van der Waals surface area contributed by atoms with Crippen LogP contribution in [-0.4, -0.2) is 0 Å². The first kappa shape index (κ1) is 14.5. The molecule has 2 rings (SSSR count). The molecular weight excluding hydrogens is 291 g/mol. The lowest BCUT2D eigenvalue weighted by molar-refractivity contribution is -0.137. The zero-order valence-corrected chi connectivity index (χ0v) is 11.0. The highest BCUT2D eigenvalue weighted by atomic mass is 35.5. The molecule has 0 unspecified atom stereocenters. The molecule has 0 spiro atoms. The molecule has 0 aliphatic carbocycles. The minimum atomic E-state index is -4.42. The Kier molecular flexibility index (Phi) is 4.09. The molecule has 2 aromatic carbocycles. The van der Waals surface area contributed by atoms with Gasteiger partial charge in [0, 0.05) is 10.6 Å². The molecule has 0 aliphatic rings. The van der Waals surface area contributed by atoms with Crippen LogP contribution in [0.2, 0.25) is 5.02 Å². The summed E-state index contributed by atoms with van der Waals surface area (Å²) < 4.78 is 42.9. The van der Waals surface area contributed by atoms with E-state index in [1.165, 1.54) is 6.07 Å². The second kappa shape index (κ2) is 5.63. The Balaban J connectivity index is 2.13. The molecule has 20 heavy (non-hydrogen) atoms. The number of benzene rings is 2. The van der Waals surface area contributed by atoms with Gasteiger partial charge in [-0.2, -0.15) is 13.2 Å². The largest absolute Gasteiger partial charge is 0.487 e. The van der Waals surface area contributed by atoms with Crippen molar-refractivity contribution in [2.24, 2.45) is 0 Å². The molecule has 2 aromatic rings. The van der Waals surface area contributed by atoms with E-state index in [0.717, 1.165) is 17.7 Å².